The molecule has 0 radical (unpaired) electrons. The summed E-state index contributed by atoms with van der Waals surface area (Å²) in [6.07, 6.45) is 10.1. The molecule has 0 bridgehead atoms. The smallest absolute Gasteiger partial charge is 0.222 e. The molecule has 2 aliphatic heterocycles. The number of amides is 1. The van der Waals surface area contributed by atoms with E-state index in [2.05, 4.69) is 15.0 Å². The van der Waals surface area contributed by atoms with E-state index in [1.165, 1.54) is 25.8 Å². The highest BCUT2D eigenvalue weighted by Crippen LogP contribution is 2.19. The van der Waals surface area contributed by atoms with E-state index >= 15 is 0 Å². The van der Waals surface area contributed by atoms with Crippen molar-refractivity contribution in [1.29, 1.82) is 0 Å². The molecule has 1 amide bonds. The van der Waals surface area contributed by atoms with E-state index in [1.807, 2.05) is 9.58 Å². The summed E-state index contributed by atoms with van der Waals surface area (Å²) in [5, 5.41) is 4.22. The van der Waals surface area contributed by atoms with Gasteiger partial charge in [-0.2, -0.15) is 5.10 Å². The van der Waals surface area contributed by atoms with Crippen molar-refractivity contribution in [3.05, 3.63) is 12.7 Å². The Balaban J connectivity index is 1.46. The third-order valence-electron chi connectivity index (χ3n) is 4.66. The Bertz CT molecular complexity index is 447. The standard InChI is InChI=1S/C15H25N5O/c21-15-6-3-8-19(15)10-4-9-18-7-2-1-5-14(18)11-20-13-16-12-17-20/h12-14H,1-11H2/t14-/m1/s1. The van der Waals surface area contributed by atoms with E-state index in [-0.39, 0.29) is 0 Å². The van der Waals surface area contributed by atoms with Crippen molar-refractivity contribution in [3.63, 3.8) is 0 Å². The minimum absolute atomic E-state index is 0.341. The maximum Gasteiger partial charge on any atom is 0.222 e. The molecule has 116 valence electrons. The van der Waals surface area contributed by atoms with E-state index in [0.717, 1.165) is 45.4 Å². The van der Waals surface area contributed by atoms with Crippen LogP contribution in [0.2, 0.25) is 0 Å². The van der Waals surface area contributed by atoms with E-state index in [1.54, 1.807) is 12.7 Å². The second-order valence-corrected chi connectivity index (χ2v) is 6.14. The van der Waals surface area contributed by atoms with Gasteiger partial charge in [-0.05, 0) is 32.2 Å². The lowest BCUT2D eigenvalue weighted by Crippen LogP contribution is -2.43. The zero-order chi connectivity index (χ0) is 14.5. The van der Waals surface area contributed by atoms with Gasteiger partial charge < -0.3 is 4.90 Å². The molecule has 21 heavy (non-hydrogen) atoms. The molecular weight excluding hydrogens is 266 g/mol. The lowest BCUT2D eigenvalue weighted by molar-refractivity contribution is -0.127. The van der Waals surface area contributed by atoms with Crippen LogP contribution in [0, 0.1) is 0 Å². The molecule has 6 heteroatoms. The van der Waals surface area contributed by atoms with Gasteiger partial charge in [-0.1, -0.05) is 6.42 Å². The molecule has 1 aromatic rings. The van der Waals surface area contributed by atoms with Crippen LogP contribution < -0.4 is 0 Å². The highest BCUT2D eigenvalue weighted by Gasteiger charge is 2.24. The molecule has 0 aliphatic carbocycles. The van der Waals surface area contributed by atoms with Crippen LogP contribution in [0.3, 0.4) is 0 Å². The maximum absolute atomic E-state index is 11.6. The zero-order valence-electron chi connectivity index (χ0n) is 12.7. The van der Waals surface area contributed by atoms with Crippen LogP contribution in [0.15, 0.2) is 12.7 Å². The predicted molar refractivity (Wildman–Crippen MR) is 79.7 cm³/mol. The van der Waals surface area contributed by atoms with Gasteiger partial charge >= 0.3 is 0 Å². The zero-order valence-corrected chi connectivity index (χ0v) is 12.7. The Morgan fingerprint density at radius 1 is 1.19 bits per heavy atom. The van der Waals surface area contributed by atoms with E-state index < -0.39 is 0 Å². The molecule has 0 aromatic carbocycles. The first-order valence-electron chi connectivity index (χ1n) is 8.17. The average molecular weight is 291 g/mol. The van der Waals surface area contributed by atoms with Crippen LogP contribution in [0.25, 0.3) is 0 Å². The van der Waals surface area contributed by atoms with Gasteiger partial charge in [-0.15, -0.1) is 0 Å². The minimum Gasteiger partial charge on any atom is -0.343 e. The largest absolute Gasteiger partial charge is 0.343 e. The summed E-state index contributed by atoms with van der Waals surface area (Å²) >= 11 is 0. The first-order valence-corrected chi connectivity index (χ1v) is 8.17. The summed E-state index contributed by atoms with van der Waals surface area (Å²) in [6.45, 7) is 5.08. The molecule has 0 saturated carbocycles. The monoisotopic (exact) mass is 291 g/mol. The number of hydrogen-bond acceptors (Lipinski definition) is 4. The molecule has 1 atom stereocenters. The molecule has 1 aromatic heterocycles. The van der Waals surface area contributed by atoms with E-state index in [0.29, 0.717) is 11.9 Å². The van der Waals surface area contributed by atoms with Gasteiger partial charge in [-0.25, -0.2) is 4.98 Å². The third kappa shape index (κ3) is 3.81. The number of aromatic nitrogens is 3. The molecule has 3 heterocycles. The van der Waals surface area contributed by atoms with Crippen molar-refractivity contribution in [2.75, 3.05) is 26.2 Å². The Labute approximate surface area is 126 Å². The summed E-state index contributed by atoms with van der Waals surface area (Å²) in [5.74, 6) is 0.341. The van der Waals surface area contributed by atoms with Gasteiger partial charge in [0.1, 0.15) is 12.7 Å². The summed E-state index contributed by atoms with van der Waals surface area (Å²) < 4.78 is 1.94. The second-order valence-electron chi connectivity index (χ2n) is 6.14. The molecule has 0 spiro atoms. The molecule has 2 saturated heterocycles. The molecule has 0 N–H and O–H groups in total. The highest BCUT2D eigenvalue weighted by molar-refractivity contribution is 5.77. The van der Waals surface area contributed by atoms with Crippen molar-refractivity contribution in [2.45, 2.75) is 51.1 Å². The minimum atomic E-state index is 0.341. The average Bonchev–Trinajstić information content (AvgIpc) is 3.13. The van der Waals surface area contributed by atoms with E-state index in [9.17, 15) is 4.79 Å². The van der Waals surface area contributed by atoms with Gasteiger partial charge in [0.15, 0.2) is 0 Å². The fraction of sp³-hybridized carbons (Fsp3) is 0.800. The molecular formula is C15H25N5O. The van der Waals surface area contributed by atoms with Crippen molar-refractivity contribution < 1.29 is 4.79 Å². The number of rotatable bonds is 6. The van der Waals surface area contributed by atoms with Crippen LogP contribution >= 0.6 is 0 Å². The second kappa shape index (κ2) is 7.02. The van der Waals surface area contributed by atoms with Crippen LogP contribution in [-0.4, -0.2) is 62.7 Å². The Morgan fingerprint density at radius 2 is 2.14 bits per heavy atom. The number of hydrogen-bond donors (Lipinski definition) is 0. The van der Waals surface area contributed by atoms with Crippen LogP contribution in [0.1, 0.15) is 38.5 Å². The number of carbonyl (C=O) groups excluding carboxylic acids is 1. The van der Waals surface area contributed by atoms with Crippen LogP contribution in [0.5, 0.6) is 0 Å². The summed E-state index contributed by atoms with van der Waals surface area (Å²) in [7, 11) is 0. The maximum atomic E-state index is 11.6. The molecule has 3 rings (SSSR count). The SMILES string of the molecule is O=C1CCCN1CCCN1CCCC[C@@H]1Cn1cncn1. The first kappa shape index (κ1) is 14.5. The normalized spacial score (nSPS) is 23.9. The van der Waals surface area contributed by atoms with Gasteiger partial charge in [0.2, 0.25) is 5.91 Å². The topological polar surface area (TPSA) is 54.3 Å². The Morgan fingerprint density at radius 3 is 2.90 bits per heavy atom. The molecule has 2 aliphatic rings. The number of likely N-dealkylation sites (tertiary alicyclic amines) is 2. The lowest BCUT2D eigenvalue weighted by Gasteiger charge is -2.35. The Kier molecular flexibility index (Phi) is 4.85. The summed E-state index contributed by atoms with van der Waals surface area (Å²) in [5.41, 5.74) is 0. The van der Waals surface area contributed by atoms with Crippen molar-refractivity contribution in [2.24, 2.45) is 0 Å². The molecule has 6 nitrogen and oxygen atoms in total. The number of piperidine rings is 1. The molecule has 0 unspecified atom stereocenters. The van der Waals surface area contributed by atoms with Crippen LogP contribution in [-0.2, 0) is 11.3 Å². The quantitative estimate of drug-likeness (QED) is 0.789. The van der Waals surface area contributed by atoms with Crippen molar-refractivity contribution >= 4 is 5.91 Å². The van der Waals surface area contributed by atoms with Gasteiger partial charge in [0.25, 0.3) is 0 Å². The third-order valence-corrected chi connectivity index (χ3v) is 4.66. The predicted octanol–water partition coefficient (Wildman–Crippen LogP) is 1.15. The fourth-order valence-electron chi connectivity index (χ4n) is 3.51. The van der Waals surface area contributed by atoms with Gasteiger partial charge in [0.05, 0.1) is 6.54 Å². The summed E-state index contributed by atoms with van der Waals surface area (Å²) in [6, 6.07) is 0.565. The fourth-order valence-corrected chi connectivity index (χ4v) is 3.51. The van der Waals surface area contributed by atoms with Crippen molar-refractivity contribution in [3.8, 4) is 0 Å². The highest BCUT2D eigenvalue weighted by atomic mass is 16.2. The molecule has 2 fully saturated rings. The van der Waals surface area contributed by atoms with Crippen LogP contribution in [0.4, 0.5) is 0 Å². The van der Waals surface area contributed by atoms with Crippen molar-refractivity contribution in [1.82, 2.24) is 24.6 Å². The van der Waals surface area contributed by atoms with E-state index in [4.69, 9.17) is 0 Å². The first-order chi connectivity index (χ1) is 10.3. The number of carbonyl (C=O) groups is 1. The van der Waals surface area contributed by atoms with Gasteiger partial charge in [-0.3, -0.25) is 14.4 Å². The summed E-state index contributed by atoms with van der Waals surface area (Å²) in [4.78, 5) is 20.3. The van der Waals surface area contributed by atoms with Gasteiger partial charge in [0, 0.05) is 32.1 Å². The lowest BCUT2D eigenvalue weighted by atomic mass is 10.0. The number of nitrogens with zero attached hydrogens (tertiary/aromatic N) is 5. The Hall–Kier alpha value is -1.43.